The summed E-state index contributed by atoms with van der Waals surface area (Å²) in [7, 11) is 1.72. The average Bonchev–Trinajstić information content (AvgIpc) is 2.91. The molecule has 3 aliphatic rings. The van der Waals surface area contributed by atoms with Gasteiger partial charge in [-0.15, -0.1) is 0 Å². The van der Waals surface area contributed by atoms with Crippen molar-refractivity contribution in [2.24, 2.45) is 35.4 Å². The van der Waals surface area contributed by atoms with E-state index in [0.29, 0.717) is 6.04 Å². The number of fused-ring (bicyclic) bond motifs is 5. The number of rotatable bonds is 5. The number of hydrazine groups is 1. The summed E-state index contributed by atoms with van der Waals surface area (Å²) < 4.78 is 5.31. The van der Waals surface area contributed by atoms with Crippen molar-refractivity contribution < 1.29 is 4.74 Å². The van der Waals surface area contributed by atoms with Crippen LogP contribution in [0.1, 0.15) is 24.8 Å². The van der Waals surface area contributed by atoms with Crippen LogP contribution in [0.25, 0.3) is 0 Å². The standard InChI is InChI=1S/C17H24N2O/c1-20-13-4-2-3-10(7-13)8-14(19-18)17-15-11-5-6-12(9-11)16(15)17/h2-4,7,11-12,14-17,19H,5-6,8-9,18H2,1H3. The fraction of sp³-hybridized carbons (Fsp3) is 0.647. The van der Waals surface area contributed by atoms with E-state index < -0.39 is 0 Å². The number of benzene rings is 1. The minimum absolute atomic E-state index is 0.431. The molecule has 0 amide bonds. The summed E-state index contributed by atoms with van der Waals surface area (Å²) in [6, 6.07) is 8.82. The number of ether oxygens (including phenoxy) is 1. The van der Waals surface area contributed by atoms with Crippen LogP contribution >= 0.6 is 0 Å². The molecule has 3 nitrogen and oxygen atoms in total. The topological polar surface area (TPSA) is 47.3 Å². The second kappa shape index (κ2) is 4.74. The molecule has 3 saturated carbocycles. The summed E-state index contributed by atoms with van der Waals surface area (Å²) in [5.41, 5.74) is 4.43. The number of nitrogens with one attached hydrogen (secondary N) is 1. The van der Waals surface area contributed by atoms with E-state index in [2.05, 4.69) is 23.6 Å². The summed E-state index contributed by atoms with van der Waals surface area (Å²) in [6.07, 6.45) is 5.46. The first-order valence-electron chi connectivity index (χ1n) is 7.91. The highest BCUT2D eigenvalue weighted by molar-refractivity contribution is 5.29. The van der Waals surface area contributed by atoms with Crippen LogP contribution in [-0.4, -0.2) is 13.2 Å². The monoisotopic (exact) mass is 272 g/mol. The van der Waals surface area contributed by atoms with Crippen LogP contribution in [0.5, 0.6) is 5.75 Å². The Bertz CT molecular complexity index is 488. The van der Waals surface area contributed by atoms with Crippen LogP contribution < -0.4 is 16.0 Å². The van der Waals surface area contributed by atoms with Gasteiger partial charge in [-0.2, -0.15) is 0 Å². The molecule has 1 aromatic carbocycles. The maximum atomic E-state index is 5.87. The van der Waals surface area contributed by atoms with Crippen molar-refractivity contribution in [3.63, 3.8) is 0 Å². The molecule has 5 unspecified atom stereocenters. The van der Waals surface area contributed by atoms with Crippen molar-refractivity contribution in [3.05, 3.63) is 29.8 Å². The van der Waals surface area contributed by atoms with E-state index >= 15 is 0 Å². The molecule has 4 rings (SSSR count). The van der Waals surface area contributed by atoms with E-state index in [4.69, 9.17) is 10.6 Å². The molecule has 2 bridgehead atoms. The Hall–Kier alpha value is -1.06. The van der Waals surface area contributed by atoms with E-state index in [0.717, 1.165) is 41.8 Å². The van der Waals surface area contributed by atoms with Crippen LogP contribution in [0.2, 0.25) is 0 Å². The molecular weight excluding hydrogens is 248 g/mol. The number of methoxy groups -OCH3 is 1. The average molecular weight is 272 g/mol. The maximum Gasteiger partial charge on any atom is 0.119 e. The Labute approximate surface area is 120 Å². The van der Waals surface area contributed by atoms with Gasteiger partial charge in [-0.05, 0) is 73.0 Å². The summed E-state index contributed by atoms with van der Waals surface area (Å²) in [5, 5.41) is 0. The molecule has 1 aromatic rings. The van der Waals surface area contributed by atoms with Crippen molar-refractivity contribution in [1.29, 1.82) is 0 Å². The molecule has 0 heterocycles. The van der Waals surface area contributed by atoms with Gasteiger partial charge >= 0.3 is 0 Å². The van der Waals surface area contributed by atoms with Crippen molar-refractivity contribution in [1.82, 2.24) is 5.43 Å². The highest BCUT2D eigenvalue weighted by Gasteiger charge is 2.66. The first-order chi connectivity index (χ1) is 9.81. The number of hydrogen-bond donors (Lipinski definition) is 2. The lowest BCUT2D eigenvalue weighted by molar-refractivity contribution is 0.364. The third-order valence-electron chi connectivity index (χ3n) is 6.06. The molecular formula is C17H24N2O. The molecule has 3 fully saturated rings. The van der Waals surface area contributed by atoms with Crippen LogP contribution in [0, 0.1) is 29.6 Å². The zero-order valence-corrected chi connectivity index (χ0v) is 12.1. The van der Waals surface area contributed by atoms with Gasteiger partial charge in [0.1, 0.15) is 5.75 Å². The second-order valence-electron chi connectivity index (χ2n) is 6.89. The Morgan fingerprint density at radius 2 is 2.05 bits per heavy atom. The summed E-state index contributed by atoms with van der Waals surface area (Å²) in [5.74, 6) is 11.6. The Morgan fingerprint density at radius 3 is 2.70 bits per heavy atom. The number of hydrogen-bond acceptors (Lipinski definition) is 3. The third kappa shape index (κ3) is 1.87. The van der Waals surface area contributed by atoms with E-state index in [1.54, 1.807) is 7.11 Å². The Balaban J connectivity index is 1.47. The van der Waals surface area contributed by atoms with Crippen LogP contribution in [-0.2, 0) is 6.42 Å². The molecule has 0 radical (unpaired) electrons. The first-order valence-corrected chi connectivity index (χ1v) is 7.91. The largest absolute Gasteiger partial charge is 0.497 e. The molecule has 0 aliphatic heterocycles. The highest BCUT2D eigenvalue weighted by atomic mass is 16.5. The normalized spacial score (nSPS) is 38.6. The van der Waals surface area contributed by atoms with Crippen molar-refractivity contribution in [2.75, 3.05) is 7.11 Å². The molecule has 3 heteroatoms. The minimum Gasteiger partial charge on any atom is -0.497 e. The molecule has 0 aromatic heterocycles. The predicted octanol–water partition coefficient (Wildman–Crippen LogP) is 2.36. The summed E-state index contributed by atoms with van der Waals surface area (Å²) >= 11 is 0. The molecule has 108 valence electrons. The van der Waals surface area contributed by atoms with Crippen LogP contribution in [0.4, 0.5) is 0 Å². The summed E-state index contributed by atoms with van der Waals surface area (Å²) in [6.45, 7) is 0. The molecule has 5 atom stereocenters. The number of nitrogens with two attached hydrogens (primary N) is 1. The zero-order chi connectivity index (χ0) is 13.7. The van der Waals surface area contributed by atoms with E-state index in [-0.39, 0.29) is 0 Å². The van der Waals surface area contributed by atoms with Gasteiger partial charge in [-0.1, -0.05) is 12.1 Å². The maximum absolute atomic E-state index is 5.87. The molecule has 20 heavy (non-hydrogen) atoms. The van der Waals surface area contributed by atoms with Crippen molar-refractivity contribution in [2.45, 2.75) is 31.7 Å². The lowest BCUT2D eigenvalue weighted by atomic mass is 9.93. The third-order valence-corrected chi connectivity index (χ3v) is 6.06. The Morgan fingerprint density at radius 1 is 1.30 bits per heavy atom. The molecule has 3 aliphatic carbocycles. The van der Waals surface area contributed by atoms with E-state index in [1.165, 1.54) is 24.8 Å². The van der Waals surface area contributed by atoms with Gasteiger partial charge in [0.25, 0.3) is 0 Å². The lowest BCUT2D eigenvalue weighted by Gasteiger charge is -2.20. The van der Waals surface area contributed by atoms with Gasteiger partial charge in [-0.25, -0.2) is 0 Å². The second-order valence-corrected chi connectivity index (χ2v) is 6.89. The fourth-order valence-corrected chi connectivity index (χ4v) is 5.29. The SMILES string of the molecule is COc1cccc(CC(NN)C2C3C4CCC(C4)C32)c1. The lowest BCUT2D eigenvalue weighted by Crippen LogP contribution is -2.40. The van der Waals surface area contributed by atoms with E-state index in [1.807, 2.05) is 6.07 Å². The van der Waals surface area contributed by atoms with Crippen LogP contribution in [0.15, 0.2) is 24.3 Å². The van der Waals surface area contributed by atoms with E-state index in [9.17, 15) is 0 Å². The highest BCUT2D eigenvalue weighted by Crippen LogP contribution is 2.70. The smallest absolute Gasteiger partial charge is 0.119 e. The zero-order valence-electron chi connectivity index (χ0n) is 12.1. The van der Waals surface area contributed by atoms with Gasteiger partial charge in [0, 0.05) is 6.04 Å². The fourth-order valence-electron chi connectivity index (χ4n) is 5.29. The van der Waals surface area contributed by atoms with Gasteiger partial charge in [0.2, 0.25) is 0 Å². The van der Waals surface area contributed by atoms with Gasteiger partial charge < -0.3 is 4.74 Å². The van der Waals surface area contributed by atoms with Crippen molar-refractivity contribution >= 4 is 0 Å². The van der Waals surface area contributed by atoms with Gasteiger partial charge in [0.15, 0.2) is 0 Å². The molecule has 0 saturated heterocycles. The Kier molecular flexibility index (Phi) is 3.00. The molecule has 3 N–H and O–H groups in total. The molecule has 0 spiro atoms. The van der Waals surface area contributed by atoms with Crippen LogP contribution in [0.3, 0.4) is 0 Å². The quantitative estimate of drug-likeness (QED) is 0.639. The first kappa shape index (κ1) is 12.7. The van der Waals surface area contributed by atoms with Crippen molar-refractivity contribution in [3.8, 4) is 5.75 Å². The van der Waals surface area contributed by atoms with Gasteiger partial charge in [-0.3, -0.25) is 11.3 Å². The summed E-state index contributed by atoms with van der Waals surface area (Å²) in [4.78, 5) is 0. The van der Waals surface area contributed by atoms with Gasteiger partial charge in [0.05, 0.1) is 7.11 Å². The minimum atomic E-state index is 0.431. The predicted molar refractivity (Wildman–Crippen MR) is 79.1 cm³/mol.